The van der Waals surface area contributed by atoms with E-state index in [1.165, 1.54) is 25.7 Å². The SMILES string of the molecule is [CH]1CC2([CH]CC2)C1. The first-order chi connectivity index (χ1) is 3.41. The molecule has 38 valence electrons. The Labute approximate surface area is 44.9 Å². The van der Waals surface area contributed by atoms with E-state index in [2.05, 4.69) is 12.8 Å². The summed E-state index contributed by atoms with van der Waals surface area (Å²) in [5, 5.41) is 0. The van der Waals surface area contributed by atoms with Gasteiger partial charge in [-0.05, 0) is 43.9 Å². The highest BCUT2D eigenvalue weighted by atomic mass is 14.5. The van der Waals surface area contributed by atoms with Crippen molar-refractivity contribution in [2.75, 3.05) is 0 Å². The molecule has 2 rings (SSSR count). The van der Waals surface area contributed by atoms with Crippen molar-refractivity contribution in [1.29, 1.82) is 0 Å². The highest BCUT2D eigenvalue weighted by Gasteiger charge is 2.42. The standard InChI is InChI=1S/C7H10/c1-3-7(4-1)5-2-6-7/h1,5H,2-4,6H2. The van der Waals surface area contributed by atoms with Gasteiger partial charge in [0.25, 0.3) is 0 Å². The molecule has 0 amide bonds. The highest BCUT2D eigenvalue weighted by Crippen LogP contribution is 2.54. The summed E-state index contributed by atoms with van der Waals surface area (Å²) in [7, 11) is 0. The Morgan fingerprint density at radius 1 is 1.29 bits per heavy atom. The molecule has 0 nitrogen and oxygen atoms in total. The summed E-state index contributed by atoms with van der Waals surface area (Å²) in [6.07, 6.45) is 10.5. The summed E-state index contributed by atoms with van der Waals surface area (Å²) in [5.41, 5.74) is 0.764. The zero-order chi connectivity index (χ0) is 4.74. The van der Waals surface area contributed by atoms with Crippen molar-refractivity contribution in [3.05, 3.63) is 12.8 Å². The molecule has 0 atom stereocenters. The van der Waals surface area contributed by atoms with Crippen molar-refractivity contribution in [2.45, 2.75) is 25.7 Å². The van der Waals surface area contributed by atoms with Gasteiger partial charge in [0.15, 0.2) is 0 Å². The van der Waals surface area contributed by atoms with E-state index in [0.29, 0.717) is 0 Å². The molecule has 2 fully saturated rings. The summed E-state index contributed by atoms with van der Waals surface area (Å²) < 4.78 is 0. The lowest BCUT2D eigenvalue weighted by atomic mass is 9.56. The van der Waals surface area contributed by atoms with Crippen LogP contribution in [0, 0.1) is 18.3 Å². The Morgan fingerprint density at radius 2 is 2.00 bits per heavy atom. The predicted molar refractivity (Wildman–Crippen MR) is 29.5 cm³/mol. The number of hydrogen-bond donors (Lipinski definition) is 0. The van der Waals surface area contributed by atoms with Gasteiger partial charge in [0.2, 0.25) is 0 Å². The van der Waals surface area contributed by atoms with Gasteiger partial charge in [-0.2, -0.15) is 0 Å². The third-order valence-electron chi connectivity index (χ3n) is 2.32. The molecule has 0 saturated heterocycles. The molecule has 0 N–H and O–H groups in total. The Morgan fingerprint density at radius 3 is 2.00 bits per heavy atom. The maximum Gasteiger partial charge on any atom is -0.0261 e. The van der Waals surface area contributed by atoms with Crippen molar-refractivity contribution in [1.82, 2.24) is 0 Å². The zero-order valence-corrected chi connectivity index (χ0v) is 4.48. The van der Waals surface area contributed by atoms with E-state index in [1.54, 1.807) is 0 Å². The topological polar surface area (TPSA) is 0 Å². The minimum absolute atomic E-state index is 0.764. The van der Waals surface area contributed by atoms with Crippen LogP contribution in [0.4, 0.5) is 0 Å². The van der Waals surface area contributed by atoms with Gasteiger partial charge >= 0.3 is 0 Å². The lowest BCUT2D eigenvalue weighted by Crippen LogP contribution is -2.37. The Balaban J connectivity index is 2.00. The van der Waals surface area contributed by atoms with Crippen LogP contribution in [0.15, 0.2) is 0 Å². The van der Waals surface area contributed by atoms with Crippen LogP contribution in [0.25, 0.3) is 0 Å². The lowest BCUT2D eigenvalue weighted by molar-refractivity contribution is 0.157. The first kappa shape index (κ1) is 3.94. The van der Waals surface area contributed by atoms with Gasteiger partial charge in [0.1, 0.15) is 0 Å². The summed E-state index contributed by atoms with van der Waals surface area (Å²) in [5.74, 6) is 0. The minimum Gasteiger partial charge on any atom is -0.0491 e. The van der Waals surface area contributed by atoms with Crippen LogP contribution in [-0.2, 0) is 0 Å². The quantitative estimate of drug-likeness (QED) is 0.430. The third kappa shape index (κ3) is 0.375. The van der Waals surface area contributed by atoms with E-state index < -0.39 is 0 Å². The van der Waals surface area contributed by atoms with Crippen molar-refractivity contribution in [3.8, 4) is 0 Å². The first-order valence-electron chi connectivity index (χ1n) is 3.07. The molecule has 0 bridgehead atoms. The van der Waals surface area contributed by atoms with E-state index in [1.807, 2.05) is 0 Å². The van der Waals surface area contributed by atoms with Gasteiger partial charge < -0.3 is 0 Å². The van der Waals surface area contributed by atoms with Crippen LogP contribution < -0.4 is 0 Å². The van der Waals surface area contributed by atoms with Gasteiger partial charge in [-0.25, -0.2) is 0 Å². The molecule has 0 aromatic rings. The second-order valence-electron chi connectivity index (χ2n) is 2.80. The molecule has 0 aliphatic heterocycles. The molecule has 1 spiro atoms. The van der Waals surface area contributed by atoms with Gasteiger partial charge in [-0.3, -0.25) is 0 Å². The van der Waals surface area contributed by atoms with Gasteiger partial charge in [-0.1, -0.05) is 0 Å². The highest BCUT2D eigenvalue weighted by molar-refractivity contribution is 5.13. The monoisotopic (exact) mass is 94.1 g/mol. The lowest BCUT2D eigenvalue weighted by Gasteiger charge is -2.48. The van der Waals surface area contributed by atoms with Gasteiger partial charge in [-0.15, -0.1) is 0 Å². The fourth-order valence-corrected chi connectivity index (χ4v) is 1.44. The van der Waals surface area contributed by atoms with Crippen LogP contribution in [0.5, 0.6) is 0 Å². The number of hydrogen-bond acceptors (Lipinski definition) is 0. The summed E-state index contributed by atoms with van der Waals surface area (Å²) >= 11 is 0. The largest absolute Gasteiger partial charge is 0.0491 e. The van der Waals surface area contributed by atoms with E-state index in [9.17, 15) is 0 Å². The predicted octanol–water partition coefficient (Wildman–Crippen LogP) is 1.97. The number of rotatable bonds is 0. The van der Waals surface area contributed by atoms with Crippen molar-refractivity contribution in [3.63, 3.8) is 0 Å². The summed E-state index contributed by atoms with van der Waals surface area (Å²) in [4.78, 5) is 0. The average Bonchev–Trinajstić information content (AvgIpc) is 1.20. The van der Waals surface area contributed by atoms with E-state index in [-0.39, 0.29) is 0 Å². The molecule has 2 aliphatic rings. The van der Waals surface area contributed by atoms with E-state index in [0.717, 1.165) is 5.41 Å². The second-order valence-corrected chi connectivity index (χ2v) is 2.80. The van der Waals surface area contributed by atoms with Crippen LogP contribution in [0.3, 0.4) is 0 Å². The van der Waals surface area contributed by atoms with Crippen molar-refractivity contribution < 1.29 is 0 Å². The van der Waals surface area contributed by atoms with Gasteiger partial charge in [0, 0.05) is 0 Å². The first-order valence-corrected chi connectivity index (χ1v) is 3.07. The molecule has 0 heterocycles. The van der Waals surface area contributed by atoms with Crippen molar-refractivity contribution in [2.24, 2.45) is 5.41 Å². The maximum atomic E-state index is 2.48. The average molecular weight is 94.2 g/mol. The smallest absolute Gasteiger partial charge is 0.0261 e. The Bertz CT molecular complexity index is 60.5. The molecule has 7 heavy (non-hydrogen) atoms. The normalized spacial score (nSPS) is 34.3. The molecule has 2 radical (unpaired) electrons. The molecular formula is C7H10. The molecule has 0 aromatic heterocycles. The minimum atomic E-state index is 0.764. The van der Waals surface area contributed by atoms with E-state index in [4.69, 9.17) is 0 Å². The summed E-state index contributed by atoms with van der Waals surface area (Å²) in [6.45, 7) is 0. The molecule has 2 saturated carbocycles. The Kier molecular flexibility index (Phi) is 0.586. The van der Waals surface area contributed by atoms with E-state index >= 15 is 0 Å². The zero-order valence-electron chi connectivity index (χ0n) is 4.48. The van der Waals surface area contributed by atoms with Crippen LogP contribution in [0.1, 0.15) is 25.7 Å². The fraction of sp³-hybridized carbons (Fsp3) is 0.714. The molecule has 0 heteroatoms. The third-order valence-corrected chi connectivity index (χ3v) is 2.32. The van der Waals surface area contributed by atoms with Crippen molar-refractivity contribution >= 4 is 0 Å². The molecule has 2 aliphatic carbocycles. The maximum absolute atomic E-state index is 2.48. The van der Waals surface area contributed by atoms with Gasteiger partial charge in [0.05, 0.1) is 0 Å². The summed E-state index contributed by atoms with van der Waals surface area (Å²) in [6, 6.07) is 0. The Hall–Kier alpha value is 0. The van der Waals surface area contributed by atoms with Crippen LogP contribution >= 0.6 is 0 Å². The molecule has 0 aromatic carbocycles. The van der Waals surface area contributed by atoms with Crippen LogP contribution in [0.2, 0.25) is 0 Å². The van der Waals surface area contributed by atoms with Crippen LogP contribution in [-0.4, -0.2) is 0 Å². The molecular weight excluding hydrogens is 84.1 g/mol. The second kappa shape index (κ2) is 1.04. The molecule has 0 unspecified atom stereocenters. The fourth-order valence-electron chi connectivity index (χ4n) is 1.44.